The summed E-state index contributed by atoms with van der Waals surface area (Å²) < 4.78 is 21.1. The van der Waals surface area contributed by atoms with Crippen LogP contribution < -0.4 is 31.8 Å². The van der Waals surface area contributed by atoms with Crippen LogP contribution in [-0.2, 0) is 14.2 Å². The summed E-state index contributed by atoms with van der Waals surface area (Å²) in [5.41, 5.74) is 8.43. The average molecular weight is 1280 g/mol. The molecule has 4 N–H and O–H groups in total. The van der Waals surface area contributed by atoms with Gasteiger partial charge in [-0.15, -0.1) is 0 Å². The Labute approximate surface area is 528 Å². The second-order valence-electron chi connectivity index (χ2n) is 23.3. The van der Waals surface area contributed by atoms with Gasteiger partial charge < -0.3 is 34.1 Å². The molecule has 3 amide bonds. The molecule has 9 heterocycles. The number of anilines is 3. The van der Waals surface area contributed by atoms with Crippen molar-refractivity contribution in [2.75, 3.05) is 14.7 Å². The molecule has 0 aliphatic carbocycles. The average Bonchev–Trinajstić information content (AvgIpc) is 1.68. The number of halogens is 1. The molecule has 0 spiro atoms. The van der Waals surface area contributed by atoms with Gasteiger partial charge >= 0.3 is 35.3 Å². The molecule has 6 aromatic heterocycles. The number of ether oxygens (including phenoxy) is 3. The predicted molar refractivity (Wildman–Crippen MR) is 351 cm³/mol. The highest BCUT2D eigenvalue weighted by Gasteiger charge is 2.51. The normalized spacial score (nSPS) is 17.7. The molecule has 458 valence electrons. The third-order valence-corrected chi connectivity index (χ3v) is 16.4. The first-order valence-corrected chi connectivity index (χ1v) is 29.8. The molecular weight excluding hydrogens is 1220 g/mol. The Morgan fingerprint density at radius 3 is 1.13 bits per heavy atom. The molecule has 0 radical (unpaired) electrons. The van der Waals surface area contributed by atoms with Crippen LogP contribution >= 0.6 is 15.9 Å². The molecule has 0 bridgehead atoms. The Morgan fingerprint density at radius 2 is 0.703 bits per heavy atom. The standard InChI is InChI=1S/2C23H20N4O3.C17H16BrNO2.C6H5N3O/c1-23(2)20(15-6-4-3-5-7-15)27(22(29)30-23)17-10-8-16(9-11-17)26-19-12-13-24-14-18(19)25-21(26)28;1-23(2)20(15-6-4-3-5-7-15)27(22(29)30-23)17-10-8-16(9-11-17)26-19-14-24-13-12-18(19)25-21(26)28;1-17(2)15(12-6-4-3-5-7-12)19(16(20)21-17)14-10-8-13(18)9-11-14;10-6-8-4-1-2-7-3-5(4)9-6/h2*3-14,20H,1-2H3,(H,25,28);3-11,15H,1-2H3;1-3H,(H2,8,9,10)/t2*20-;15-;/m000./s1. The zero-order valence-corrected chi connectivity index (χ0v) is 51.7. The smallest absolute Gasteiger partial charge is 0.415 e. The minimum Gasteiger partial charge on any atom is -0.441 e. The van der Waals surface area contributed by atoms with Crippen molar-refractivity contribution in [2.45, 2.75) is 76.5 Å². The number of hydrogen-bond acceptors (Lipinski definition) is 12. The second kappa shape index (κ2) is 24.4. The fourth-order valence-electron chi connectivity index (χ4n) is 12.0. The van der Waals surface area contributed by atoms with E-state index >= 15 is 0 Å². The van der Waals surface area contributed by atoms with Crippen molar-refractivity contribution in [1.29, 1.82) is 0 Å². The lowest BCUT2D eigenvalue weighted by Crippen LogP contribution is -2.33. The molecule has 22 heteroatoms. The van der Waals surface area contributed by atoms with E-state index in [9.17, 15) is 28.8 Å². The third kappa shape index (κ3) is 12.0. The van der Waals surface area contributed by atoms with Gasteiger partial charge in [0, 0.05) is 40.1 Å². The number of cyclic esters (lactones) is 3. The SMILES string of the molecule is CC1(C)OC(=O)N(c2ccc(-n3c(=O)[nH]c4ccncc43)cc2)[C@H]1c1ccccc1.CC1(C)OC(=O)N(c2ccc(-n3c(=O)[nH]c4cnccc43)cc2)[C@H]1c1ccccc1.CC1(C)OC(=O)N(c2ccc(Br)cc2)[C@H]1c1ccccc1.O=c1[nH]c2ccncc2[nH]1. The van der Waals surface area contributed by atoms with Gasteiger partial charge in [-0.25, -0.2) is 28.8 Å². The molecule has 3 atom stereocenters. The van der Waals surface area contributed by atoms with Crippen LogP contribution in [0.3, 0.4) is 0 Å². The maximum absolute atomic E-state index is 12.8. The van der Waals surface area contributed by atoms with E-state index in [-0.39, 0.29) is 41.3 Å². The fraction of sp³-hybridized carbons (Fsp3) is 0.174. The number of pyridine rings is 3. The molecule has 6 aromatic carbocycles. The van der Waals surface area contributed by atoms with Crippen molar-refractivity contribution in [3.05, 3.63) is 272 Å². The summed E-state index contributed by atoms with van der Waals surface area (Å²) in [5, 5.41) is 0. The number of hydrogen-bond donors (Lipinski definition) is 4. The van der Waals surface area contributed by atoms with E-state index in [1.807, 2.05) is 205 Å². The van der Waals surface area contributed by atoms with E-state index in [4.69, 9.17) is 14.2 Å². The largest absolute Gasteiger partial charge is 0.441 e. The number of carbonyl (C=O) groups is 3. The highest BCUT2D eigenvalue weighted by Crippen LogP contribution is 2.47. The first-order valence-electron chi connectivity index (χ1n) is 29.1. The number of H-pyrrole nitrogens is 4. The van der Waals surface area contributed by atoms with Crippen molar-refractivity contribution < 1.29 is 28.6 Å². The molecule has 91 heavy (non-hydrogen) atoms. The van der Waals surface area contributed by atoms with Gasteiger partial charge in [-0.2, -0.15) is 0 Å². The minimum absolute atomic E-state index is 0.146. The zero-order valence-electron chi connectivity index (χ0n) is 50.1. The van der Waals surface area contributed by atoms with Crippen molar-refractivity contribution in [3.8, 4) is 11.4 Å². The maximum atomic E-state index is 12.8. The van der Waals surface area contributed by atoms with E-state index in [2.05, 4.69) is 50.8 Å². The molecule has 3 aliphatic heterocycles. The second-order valence-corrected chi connectivity index (χ2v) is 24.2. The topological polar surface area (TPSA) is 252 Å². The van der Waals surface area contributed by atoms with Crippen molar-refractivity contribution in [2.24, 2.45) is 0 Å². The Morgan fingerprint density at radius 1 is 0.363 bits per heavy atom. The number of imidazole rings is 3. The van der Waals surface area contributed by atoms with E-state index in [0.29, 0.717) is 39.3 Å². The molecule has 3 aliphatic rings. The summed E-state index contributed by atoms with van der Waals surface area (Å²) >= 11 is 3.42. The van der Waals surface area contributed by atoms with Crippen LogP contribution in [0.2, 0.25) is 0 Å². The summed E-state index contributed by atoms with van der Waals surface area (Å²) in [6.45, 7) is 11.5. The van der Waals surface area contributed by atoms with Crippen LogP contribution in [0.4, 0.5) is 31.4 Å². The number of aromatic amines is 4. The van der Waals surface area contributed by atoms with Gasteiger partial charge in [-0.3, -0.25) is 38.8 Å². The predicted octanol–water partition coefficient (Wildman–Crippen LogP) is 13.6. The molecule has 21 nitrogen and oxygen atoms in total. The van der Waals surface area contributed by atoms with Crippen LogP contribution in [-0.4, -0.2) is 79.1 Å². The van der Waals surface area contributed by atoms with Crippen molar-refractivity contribution in [3.63, 3.8) is 0 Å². The molecule has 3 fully saturated rings. The van der Waals surface area contributed by atoms with Gasteiger partial charge in [0.05, 0.1) is 63.1 Å². The summed E-state index contributed by atoms with van der Waals surface area (Å²) in [6.07, 6.45) is 8.69. The molecule has 12 aromatic rings. The maximum Gasteiger partial charge on any atom is 0.415 e. The van der Waals surface area contributed by atoms with Gasteiger partial charge in [-0.1, -0.05) is 107 Å². The van der Waals surface area contributed by atoms with Gasteiger partial charge in [0.15, 0.2) is 0 Å². The molecule has 3 saturated heterocycles. The molecule has 0 unspecified atom stereocenters. The summed E-state index contributed by atoms with van der Waals surface area (Å²) in [5.74, 6) is 0. The van der Waals surface area contributed by atoms with Crippen LogP contribution in [0, 0.1) is 0 Å². The lowest BCUT2D eigenvalue weighted by Gasteiger charge is -2.29. The first-order chi connectivity index (χ1) is 43.8. The quantitative estimate of drug-likeness (QED) is 0.104. The number of rotatable bonds is 8. The number of amides is 3. The highest BCUT2D eigenvalue weighted by atomic mass is 79.9. The monoisotopic (exact) mass is 1280 g/mol. The number of aromatic nitrogens is 9. The first kappa shape index (κ1) is 60.2. The van der Waals surface area contributed by atoms with Crippen LogP contribution in [0.15, 0.2) is 238 Å². The minimum atomic E-state index is -0.684. The number of fused-ring (bicyclic) bond motifs is 3. The molecular formula is C69H61BrN12O9. The Balaban J connectivity index is 0.000000124. The van der Waals surface area contributed by atoms with Gasteiger partial charge in [0.2, 0.25) is 0 Å². The van der Waals surface area contributed by atoms with E-state index in [1.54, 1.807) is 79.2 Å². The fourth-order valence-corrected chi connectivity index (χ4v) is 12.3. The summed E-state index contributed by atoms with van der Waals surface area (Å²) in [6, 6.07) is 56.6. The van der Waals surface area contributed by atoms with Gasteiger partial charge in [0.25, 0.3) is 0 Å². The van der Waals surface area contributed by atoms with E-state index < -0.39 is 29.0 Å². The van der Waals surface area contributed by atoms with E-state index in [1.165, 1.54) is 0 Å². The zero-order chi connectivity index (χ0) is 63.8. The van der Waals surface area contributed by atoms with Crippen LogP contribution in [0.5, 0.6) is 0 Å². The Kier molecular flexibility index (Phi) is 16.2. The lowest BCUT2D eigenvalue weighted by atomic mass is 9.91. The number of nitrogens with one attached hydrogen (secondary N) is 4. The number of carbonyl (C=O) groups excluding carboxylic acids is 3. The van der Waals surface area contributed by atoms with Crippen LogP contribution in [0.25, 0.3) is 44.5 Å². The number of benzene rings is 6. The number of nitrogens with zero attached hydrogens (tertiary/aromatic N) is 8. The van der Waals surface area contributed by atoms with Crippen molar-refractivity contribution >= 4 is 84.4 Å². The highest BCUT2D eigenvalue weighted by molar-refractivity contribution is 9.10. The van der Waals surface area contributed by atoms with Gasteiger partial charge in [-0.05, 0) is 149 Å². The molecule has 0 saturated carbocycles. The lowest BCUT2D eigenvalue weighted by molar-refractivity contribution is 0.0676. The van der Waals surface area contributed by atoms with Crippen molar-refractivity contribution in [1.82, 2.24) is 44.0 Å². The Hall–Kier alpha value is -11.1. The molecule has 15 rings (SSSR count). The van der Waals surface area contributed by atoms with Gasteiger partial charge in [0.1, 0.15) is 34.9 Å². The van der Waals surface area contributed by atoms with Crippen LogP contribution in [0.1, 0.15) is 76.4 Å². The Bertz CT molecular complexity index is 4550. The third-order valence-electron chi connectivity index (χ3n) is 15.9. The summed E-state index contributed by atoms with van der Waals surface area (Å²) in [7, 11) is 0. The van der Waals surface area contributed by atoms with E-state index in [0.717, 1.165) is 43.4 Å². The summed E-state index contributed by atoms with van der Waals surface area (Å²) in [4.78, 5) is 101.